The molecule has 1 aliphatic heterocycles. The number of benzene rings is 1. The molecule has 1 heterocycles. The molecular weight excluding hydrogens is 560 g/mol. The van der Waals surface area contributed by atoms with Gasteiger partial charge in [-0.15, -0.1) is 0 Å². The molecule has 7 rings (SSSR count). The van der Waals surface area contributed by atoms with Crippen LogP contribution in [-0.2, 0) is 30.3 Å². The maximum Gasteiger partial charge on any atom is 0.312 e. The van der Waals surface area contributed by atoms with Crippen molar-refractivity contribution in [1.82, 2.24) is 0 Å². The molecule has 1 saturated heterocycles. The molecule has 1 spiro atoms. The molecule has 5 fully saturated rings. The Hall–Kier alpha value is -1.69. The van der Waals surface area contributed by atoms with E-state index in [9.17, 15) is 4.79 Å². The Balaban J connectivity index is 1.25. The summed E-state index contributed by atoms with van der Waals surface area (Å²) in [6.07, 6.45) is 12.3. The van der Waals surface area contributed by atoms with E-state index in [1.807, 2.05) is 0 Å². The average Bonchev–Trinajstić information content (AvgIpc) is 3.52. The Morgan fingerprint density at radius 2 is 1.62 bits per heavy atom. The lowest BCUT2D eigenvalue weighted by molar-refractivity contribution is -0.323. The van der Waals surface area contributed by atoms with Crippen LogP contribution in [0.3, 0.4) is 0 Å². The summed E-state index contributed by atoms with van der Waals surface area (Å²) in [6.45, 7) is 17.7. The van der Waals surface area contributed by atoms with E-state index < -0.39 is 5.79 Å². The maximum absolute atomic E-state index is 13.6. The number of carbonyl (C=O) groups is 1. The summed E-state index contributed by atoms with van der Waals surface area (Å²) >= 11 is 0. The van der Waals surface area contributed by atoms with Crippen molar-refractivity contribution < 1.29 is 23.7 Å². The molecule has 0 bridgehead atoms. The number of hydrogen-bond acceptors (Lipinski definition) is 5. The van der Waals surface area contributed by atoms with Gasteiger partial charge in [-0.05, 0) is 103 Å². The summed E-state index contributed by atoms with van der Waals surface area (Å²) in [5.74, 6) is 1.85. The Morgan fingerprint density at radius 1 is 0.889 bits per heavy atom. The number of methoxy groups -OCH3 is 1. The highest BCUT2D eigenvalue weighted by atomic mass is 16.7. The predicted octanol–water partition coefficient (Wildman–Crippen LogP) is 8.76. The molecule has 0 N–H and O–H groups in total. The number of rotatable bonds is 5. The summed E-state index contributed by atoms with van der Waals surface area (Å²) in [6, 6.07) is 10.5. The topological polar surface area (TPSA) is 54.0 Å². The van der Waals surface area contributed by atoms with Gasteiger partial charge in [0, 0.05) is 11.8 Å². The molecular formula is C40H58O5. The fourth-order valence-electron chi connectivity index (χ4n) is 12.9. The first kappa shape index (κ1) is 31.9. The Morgan fingerprint density at radius 3 is 2.33 bits per heavy atom. The van der Waals surface area contributed by atoms with Crippen molar-refractivity contribution >= 4 is 5.97 Å². The average molecular weight is 619 g/mol. The second-order valence-corrected chi connectivity index (χ2v) is 17.1. The highest BCUT2D eigenvalue weighted by molar-refractivity contribution is 5.78. The first-order valence-corrected chi connectivity index (χ1v) is 18.1. The smallest absolute Gasteiger partial charge is 0.312 e. The van der Waals surface area contributed by atoms with Crippen molar-refractivity contribution in [3.05, 3.63) is 47.5 Å². The second-order valence-electron chi connectivity index (χ2n) is 17.1. The number of carbonyl (C=O) groups excluding carboxylic acids is 1. The van der Waals surface area contributed by atoms with Crippen LogP contribution in [0.4, 0.5) is 0 Å². The molecule has 0 aromatic heterocycles. The molecule has 5 nitrogen and oxygen atoms in total. The van der Waals surface area contributed by atoms with E-state index in [0.29, 0.717) is 50.1 Å². The zero-order valence-electron chi connectivity index (χ0n) is 29.1. The van der Waals surface area contributed by atoms with Crippen LogP contribution >= 0.6 is 0 Å². The van der Waals surface area contributed by atoms with Crippen LogP contribution in [-0.4, -0.2) is 38.7 Å². The molecule has 1 aromatic carbocycles. The molecule has 45 heavy (non-hydrogen) atoms. The standard InChI is InChI=1S/C40H58O5/c1-27-15-18-39(34(41)42-7)21-20-36(4)30(33(39)28(27)2)13-14-31-35(3)19-22-40(44-23-24-45-40)38(6,32(35)16-17-37(31,36)5)26-43-25-29-11-9-8-10-12-29/h8-13,27-28,31-33H,14-26H2,1-7H3/t27-,28+,31-,32-,33+,35-,36-,37-,38+,39+/m1/s1. The SMILES string of the molecule is COC(=O)[C@]12CC[C@@H](C)[C@H](C)[C@H]1C1=CC[C@@H]3[C@@]4(C)CCC5(OCCO5)[C@@](C)(COCc5ccccc5)[C@@H]4CC[C@@]3(C)[C@]1(C)CC2. The van der Waals surface area contributed by atoms with Crippen LogP contribution in [0.15, 0.2) is 42.0 Å². The number of allylic oxidation sites excluding steroid dienone is 2. The third-order valence-corrected chi connectivity index (χ3v) is 15.7. The van der Waals surface area contributed by atoms with Crippen LogP contribution in [0.2, 0.25) is 0 Å². The zero-order valence-corrected chi connectivity index (χ0v) is 29.1. The van der Waals surface area contributed by atoms with Crippen molar-refractivity contribution in [2.24, 2.45) is 56.7 Å². The number of ether oxygens (including phenoxy) is 4. The minimum absolute atomic E-state index is 0.0394. The molecule has 0 amide bonds. The van der Waals surface area contributed by atoms with Crippen LogP contribution in [0.1, 0.15) is 105 Å². The molecule has 5 aliphatic carbocycles. The van der Waals surface area contributed by atoms with Crippen LogP contribution in [0, 0.1) is 56.7 Å². The first-order chi connectivity index (χ1) is 21.4. The van der Waals surface area contributed by atoms with Crippen molar-refractivity contribution in [3.8, 4) is 0 Å². The van der Waals surface area contributed by atoms with Crippen molar-refractivity contribution in [2.75, 3.05) is 26.9 Å². The second kappa shape index (κ2) is 10.9. The molecule has 5 heteroatoms. The van der Waals surface area contributed by atoms with E-state index in [1.54, 1.807) is 12.7 Å². The summed E-state index contributed by atoms with van der Waals surface area (Å²) in [5.41, 5.74) is 2.60. The fourth-order valence-corrected chi connectivity index (χ4v) is 12.9. The van der Waals surface area contributed by atoms with Gasteiger partial charge in [0.05, 0.1) is 39.0 Å². The van der Waals surface area contributed by atoms with Gasteiger partial charge < -0.3 is 18.9 Å². The maximum atomic E-state index is 13.6. The summed E-state index contributed by atoms with van der Waals surface area (Å²) in [7, 11) is 1.60. The van der Waals surface area contributed by atoms with Gasteiger partial charge in [-0.3, -0.25) is 4.79 Å². The van der Waals surface area contributed by atoms with Gasteiger partial charge in [0.25, 0.3) is 0 Å². The molecule has 6 aliphatic rings. The van der Waals surface area contributed by atoms with E-state index in [1.165, 1.54) is 12.0 Å². The first-order valence-electron chi connectivity index (χ1n) is 18.1. The van der Waals surface area contributed by atoms with E-state index in [4.69, 9.17) is 18.9 Å². The minimum atomic E-state index is -0.570. The lowest BCUT2D eigenvalue weighted by Gasteiger charge is -2.72. The summed E-state index contributed by atoms with van der Waals surface area (Å²) < 4.78 is 25.5. The van der Waals surface area contributed by atoms with Gasteiger partial charge in [0.15, 0.2) is 5.79 Å². The van der Waals surface area contributed by atoms with Crippen LogP contribution in [0.25, 0.3) is 0 Å². The lowest BCUT2D eigenvalue weighted by atomic mass is 9.33. The summed E-state index contributed by atoms with van der Waals surface area (Å²) in [5, 5.41) is 0. The predicted molar refractivity (Wildman–Crippen MR) is 176 cm³/mol. The van der Waals surface area contributed by atoms with Crippen LogP contribution in [0.5, 0.6) is 0 Å². The Bertz CT molecular complexity index is 1320. The van der Waals surface area contributed by atoms with Gasteiger partial charge in [0.2, 0.25) is 0 Å². The van der Waals surface area contributed by atoms with E-state index >= 15 is 0 Å². The zero-order chi connectivity index (χ0) is 31.9. The number of esters is 1. The number of fused-ring (bicyclic) bond motifs is 7. The number of hydrogen-bond donors (Lipinski definition) is 0. The molecule has 0 radical (unpaired) electrons. The van der Waals surface area contributed by atoms with Gasteiger partial charge in [-0.2, -0.15) is 0 Å². The van der Waals surface area contributed by atoms with E-state index in [-0.39, 0.29) is 39.0 Å². The highest BCUT2D eigenvalue weighted by Crippen LogP contribution is 2.77. The fraction of sp³-hybridized carbons (Fsp3) is 0.775. The minimum Gasteiger partial charge on any atom is -0.469 e. The van der Waals surface area contributed by atoms with Crippen molar-refractivity contribution in [2.45, 2.75) is 112 Å². The normalized spacial score (nSPS) is 46.7. The van der Waals surface area contributed by atoms with Gasteiger partial charge in [-0.1, -0.05) is 83.5 Å². The Labute approximate surface area is 272 Å². The monoisotopic (exact) mass is 618 g/mol. The third-order valence-electron chi connectivity index (χ3n) is 15.7. The molecule has 248 valence electrons. The van der Waals surface area contributed by atoms with E-state index in [0.717, 1.165) is 51.4 Å². The van der Waals surface area contributed by atoms with Crippen LogP contribution < -0.4 is 0 Å². The molecule has 10 atom stereocenters. The lowest BCUT2D eigenvalue weighted by Crippen LogP contribution is -2.69. The quantitative estimate of drug-likeness (QED) is 0.244. The highest BCUT2D eigenvalue weighted by Gasteiger charge is 2.73. The van der Waals surface area contributed by atoms with E-state index in [2.05, 4.69) is 78.0 Å². The van der Waals surface area contributed by atoms with Crippen molar-refractivity contribution in [1.29, 1.82) is 0 Å². The van der Waals surface area contributed by atoms with Crippen molar-refractivity contribution in [3.63, 3.8) is 0 Å². The van der Waals surface area contributed by atoms with Gasteiger partial charge in [0.1, 0.15) is 0 Å². The largest absolute Gasteiger partial charge is 0.469 e. The van der Waals surface area contributed by atoms with Gasteiger partial charge in [-0.25, -0.2) is 0 Å². The third kappa shape index (κ3) is 4.24. The summed E-state index contributed by atoms with van der Waals surface area (Å²) in [4.78, 5) is 13.6. The Kier molecular flexibility index (Phi) is 7.74. The molecule has 4 saturated carbocycles. The van der Waals surface area contributed by atoms with Gasteiger partial charge >= 0.3 is 5.97 Å². The molecule has 0 unspecified atom stereocenters. The molecule has 1 aromatic rings.